The van der Waals surface area contributed by atoms with Gasteiger partial charge in [-0.2, -0.15) is 5.26 Å². The monoisotopic (exact) mass is 251 g/mol. The highest BCUT2D eigenvalue weighted by Gasteiger charge is 2.20. The minimum Gasteiger partial charge on any atom is -0.337 e. The van der Waals surface area contributed by atoms with Crippen molar-refractivity contribution in [3.05, 3.63) is 15.6 Å². The summed E-state index contributed by atoms with van der Waals surface area (Å²) in [5.41, 5.74) is 0.778. The summed E-state index contributed by atoms with van der Waals surface area (Å²) in [6.07, 6.45) is 0. The summed E-state index contributed by atoms with van der Waals surface area (Å²) in [7, 11) is 0. The summed E-state index contributed by atoms with van der Waals surface area (Å²) >= 11 is 1.42. The molecule has 1 amide bonds. The first kappa shape index (κ1) is 13.7. The molecule has 1 atom stereocenters. The molecule has 92 valence electrons. The third kappa shape index (κ3) is 3.27. The van der Waals surface area contributed by atoms with E-state index in [0.717, 1.165) is 10.7 Å². The Morgan fingerprint density at radius 3 is 2.65 bits per heavy atom. The molecule has 0 fully saturated rings. The third-order valence-corrected chi connectivity index (χ3v) is 3.54. The molecule has 0 saturated heterocycles. The quantitative estimate of drug-likeness (QED) is 0.825. The van der Waals surface area contributed by atoms with Crippen LogP contribution in [0.2, 0.25) is 0 Å². The third-order valence-electron chi connectivity index (χ3n) is 2.48. The van der Waals surface area contributed by atoms with Gasteiger partial charge in [-0.15, -0.1) is 11.3 Å². The molecule has 4 nitrogen and oxygen atoms in total. The lowest BCUT2D eigenvalue weighted by molar-refractivity contribution is 0.0756. The van der Waals surface area contributed by atoms with Crippen molar-refractivity contribution in [2.45, 2.75) is 27.7 Å². The van der Waals surface area contributed by atoms with E-state index in [1.165, 1.54) is 11.3 Å². The Kier molecular flexibility index (Phi) is 4.64. The number of amides is 1. The number of thiazole rings is 1. The molecule has 0 radical (unpaired) electrons. The number of hydrogen-bond donors (Lipinski definition) is 0. The molecule has 1 heterocycles. The van der Waals surface area contributed by atoms with Crippen molar-refractivity contribution in [1.29, 1.82) is 5.26 Å². The van der Waals surface area contributed by atoms with E-state index in [4.69, 9.17) is 5.26 Å². The van der Waals surface area contributed by atoms with Gasteiger partial charge in [0, 0.05) is 13.1 Å². The topological polar surface area (TPSA) is 57.0 Å². The van der Waals surface area contributed by atoms with Crippen LogP contribution in [0.4, 0.5) is 0 Å². The van der Waals surface area contributed by atoms with Crippen molar-refractivity contribution in [3.8, 4) is 6.07 Å². The average Bonchev–Trinajstić information content (AvgIpc) is 2.64. The molecule has 1 unspecified atom stereocenters. The second-order valence-electron chi connectivity index (χ2n) is 4.02. The molecule has 1 aromatic rings. The fraction of sp³-hybridized carbons (Fsp3) is 0.583. The van der Waals surface area contributed by atoms with Crippen LogP contribution >= 0.6 is 11.3 Å². The molecule has 1 rings (SSSR count). The fourth-order valence-corrected chi connectivity index (χ4v) is 2.49. The van der Waals surface area contributed by atoms with Crippen molar-refractivity contribution >= 4 is 17.2 Å². The number of nitrogens with zero attached hydrogens (tertiary/aromatic N) is 3. The van der Waals surface area contributed by atoms with Gasteiger partial charge in [-0.1, -0.05) is 0 Å². The molecule has 0 aliphatic carbocycles. The Hall–Kier alpha value is -1.41. The summed E-state index contributed by atoms with van der Waals surface area (Å²) in [4.78, 5) is 18.9. The molecule has 5 heteroatoms. The minimum atomic E-state index is -0.145. The molecule has 0 saturated carbocycles. The SMILES string of the molecule is CCN(CC(C)C#N)C(=O)c1sc(C)nc1C. The van der Waals surface area contributed by atoms with E-state index in [1.807, 2.05) is 27.7 Å². The molecule has 0 aliphatic heterocycles. The predicted octanol–water partition coefficient (Wildman–Crippen LogP) is 2.38. The van der Waals surface area contributed by atoms with Gasteiger partial charge in [0.15, 0.2) is 0 Å². The summed E-state index contributed by atoms with van der Waals surface area (Å²) in [5, 5.41) is 9.69. The van der Waals surface area contributed by atoms with E-state index >= 15 is 0 Å². The lowest BCUT2D eigenvalue weighted by atomic mass is 10.2. The highest BCUT2D eigenvalue weighted by Crippen LogP contribution is 2.19. The number of rotatable bonds is 4. The van der Waals surface area contributed by atoms with E-state index in [9.17, 15) is 4.79 Å². The summed E-state index contributed by atoms with van der Waals surface area (Å²) < 4.78 is 0. The van der Waals surface area contributed by atoms with Crippen LogP contribution in [0.25, 0.3) is 0 Å². The zero-order valence-corrected chi connectivity index (χ0v) is 11.5. The Morgan fingerprint density at radius 1 is 1.59 bits per heavy atom. The Bertz CT molecular complexity index is 447. The molecule has 0 N–H and O–H groups in total. The first-order chi connectivity index (χ1) is 7.99. The van der Waals surface area contributed by atoms with Gasteiger partial charge in [0.1, 0.15) is 4.88 Å². The normalized spacial score (nSPS) is 11.9. The molecule has 0 aliphatic rings. The van der Waals surface area contributed by atoms with Crippen molar-refractivity contribution in [3.63, 3.8) is 0 Å². The van der Waals surface area contributed by atoms with Crippen molar-refractivity contribution in [1.82, 2.24) is 9.88 Å². The second kappa shape index (κ2) is 5.78. The smallest absolute Gasteiger partial charge is 0.265 e. The molecule has 1 aromatic heterocycles. The van der Waals surface area contributed by atoms with Crippen LogP contribution in [0.15, 0.2) is 0 Å². The van der Waals surface area contributed by atoms with Crippen LogP contribution < -0.4 is 0 Å². The standard InChI is InChI=1S/C12H17N3OS/c1-5-15(7-8(2)6-13)12(16)11-9(3)14-10(4)17-11/h8H,5,7H2,1-4H3. The molecule has 0 aromatic carbocycles. The zero-order chi connectivity index (χ0) is 13.0. The van der Waals surface area contributed by atoms with Crippen LogP contribution in [0.1, 0.15) is 34.2 Å². The van der Waals surface area contributed by atoms with Crippen LogP contribution in [0, 0.1) is 31.1 Å². The molecular formula is C12H17N3OS. The van der Waals surface area contributed by atoms with Crippen LogP contribution in [0.3, 0.4) is 0 Å². The number of carbonyl (C=O) groups is 1. The highest BCUT2D eigenvalue weighted by atomic mass is 32.1. The summed E-state index contributed by atoms with van der Waals surface area (Å²) in [5.74, 6) is -0.161. The maximum absolute atomic E-state index is 12.2. The van der Waals surface area contributed by atoms with Crippen LogP contribution in [0.5, 0.6) is 0 Å². The molecule has 0 spiro atoms. The lowest BCUT2D eigenvalue weighted by Gasteiger charge is -2.21. The van der Waals surface area contributed by atoms with Crippen LogP contribution in [-0.4, -0.2) is 28.9 Å². The maximum Gasteiger partial charge on any atom is 0.265 e. The van der Waals surface area contributed by atoms with Gasteiger partial charge in [-0.05, 0) is 27.7 Å². The van der Waals surface area contributed by atoms with E-state index in [2.05, 4.69) is 11.1 Å². The van der Waals surface area contributed by atoms with Gasteiger partial charge in [0.2, 0.25) is 0 Å². The first-order valence-corrected chi connectivity index (χ1v) is 6.44. The lowest BCUT2D eigenvalue weighted by Crippen LogP contribution is -2.34. The summed E-state index contributed by atoms with van der Waals surface area (Å²) in [6.45, 7) is 8.57. The Labute approximate surface area is 106 Å². The molecule has 0 bridgehead atoms. The fourth-order valence-electron chi connectivity index (χ4n) is 1.60. The van der Waals surface area contributed by atoms with Crippen molar-refractivity contribution in [2.24, 2.45) is 5.92 Å². The van der Waals surface area contributed by atoms with E-state index in [0.29, 0.717) is 18.0 Å². The number of aromatic nitrogens is 1. The Balaban J connectivity index is 2.87. The van der Waals surface area contributed by atoms with Gasteiger partial charge in [-0.3, -0.25) is 4.79 Å². The number of aryl methyl sites for hydroxylation is 2. The zero-order valence-electron chi connectivity index (χ0n) is 10.6. The van der Waals surface area contributed by atoms with Gasteiger partial charge in [-0.25, -0.2) is 4.98 Å². The number of carbonyl (C=O) groups excluding carboxylic acids is 1. The second-order valence-corrected chi connectivity index (χ2v) is 5.22. The largest absolute Gasteiger partial charge is 0.337 e. The van der Waals surface area contributed by atoms with Crippen LogP contribution in [-0.2, 0) is 0 Å². The summed E-state index contributed by atoms with van der Waals surface area (Å²) in [6, 6.07) is 2.15. The van der Waals surface area contributed by atoms with Gasteiger partial charge < -0.3 is 4.90 Å². The maximum atomic E-state index is 12.2. The molecule has 17 heavy (non-hydrogen) atoms. The minimum absolute atomic E-state index is 0.0160. The van der Waals surface area contributed by atoms with Gasteiger partial charge in [0.05, 0.1) is 22.7 Å². The molecular weight excluding hydrogens is 234 g/mol. The van der Waals surface area contributed by atoms with Gasteiger partial charge >= 0.3 is 0 Å². The van der Waals surface area contributed by atoms with Crippen molar-refractivity contribution < 1.29 is 4.79 Å². The average molecular weight is 251 g/mol. The van der Waals surface area contributed by atoms with E-state index in [1.54, 1.807) is 4.90 Å². The first-order valence-electron chi connectivity index (χ1n) is 5.62. The number of nitriles is 1. The number of hydrogen-bond acceptors (Lipinski definition) is 4. The van der Waals surface area contributed by atoms with E-state index in [-0.39, 0.29) is 11.8 Å². The van der Waals surface area contributed by atoms with Gasteiger partial charge in [0.25, 0.3) is 5.91 Å². The van der Waals surface area contributed by atoms with E-state index < -0.39 is 0 Å². The highest BCUT2D eigenvalue weighted by molar-refractivity contribution is 7.13. The predicted molar refractivity (Wildman–Crippen MR) is 67.9 cm³/mol. The van der Waals surface area contributed by atoms with Crippen molar-refractivity contribution in [2.75, 3.05) is 13.1 Å². The Morgan fingerprint density at radius 2 is 2.24 bits per heavy atom.